The Hall–Kier alpha value is -4.49. The first-order valence-corrected chi connectivity index (χ1v) is 15.3. The number of nitrogens with one attached hydrogen (secondary N) is 2. The van der Waals surface area contributed by atoms with E-state index in [2.05, 4.69) is 10.0 Å². The summed E-state index contributed by atoms with van der Waals surface area (Å²) in [6, 6.07) is 16.7. The summed E-state index contributed by atoms with van der Waals surface area (Å²) in [5, 5.41) is 12.8. The van der Waals surface area contributed by atoms with Gasteiger partial charge in [-0.15, -0.1) is 0 Å². The van der Waals surface area contributed by atoms with E-state index in [1.807, 2.05) is 6.92 Å². The number of urea groups is 1. The fraction of sp³-hybridized carbons (Fsp3) is 0.333. The number of para-hydroxylation sites is 1. The maximum absolute atomic E-state index is 13.7. The number of likely N-dealkylation sites (N-methyl/N-ethyl adjacent to an activating group) is 1. The summed E-state index contributed by atoms with van der Waals surface area (Å²) < 4.78 is 46.2. The summed E-state index contributed by atoms with van der Waals surface area (Å²) in [6.45, 7) is 3.80. The molecule has 0 bridgehead atoms. The third-order valence-electron chi connectivity index (χ3n) is 7.41. The number of benzene rings is 3. The topological polar surface area (TPSA) is 147 Å². The summed E-state index contributed by atoms with van der Waals surface area (Å²) >= 11 is 0. The molecule has 12 nitrogen and oxygen atoms in total. The molecular weight excluding hydrogens is 576 g/mol. The van der Waals surface area contributed by atoms with Crippen LogP contribution in [0.4, 0.5) is 16.2 Å². The van der Waals surface area contributed by atoms with Crippen molar-refractivity contribution in [2.24, 2.45) is 5.92 Å². The van der Waals surface area contributed by atoms with Crippen LogP contribution in [-0.2, 0) is 10.0 Å². The number of hydrogen-bond donors (Lipinski definition) is 3. The Morgan fingerprint density at radius 1 is 1.09 bits per heavy atom. The van der Waals surface area contributed by atoms with Crippen molar-refractivity contribution in [2.45, 2.75) is 30.9 Å². The highest BCUT2D eigenvalue weighted by Crippen LogP contribution is 2.37. The molecule has 2 heterocycles. The molecule has 3 atom stereocenters. The van der Waals surface area contributed by atoms with E-state index in [1.54, 1.807) is 67.4 Å². The third-order valence-corrected chi connectivity index (χ3v) is 8.79. The number of sulfonamides is 1. The van der Waals surface area contributed by atoms with Gasteiger partial charge in [-0.3, -0.25) is 9.52 Å². The van der Waals surface area contributed by atoms with Gasteiger partial charge in [0.2, 0.25) is 6.79 Å². The average molecular weight is 611 g/mol. The highest BCUT2D eigenvalue weighted by atomic mass is 32.2. The van der Waals surface area contributed by atoms with Gasteiger partial charge >= 0.3 is 6.03 Å². The van der Waals surface area contributed by atoms with Crippen LogP contribution in [0.3, 0.4) is 0 Å². The molecule has 43 heavy (non-hydrogen) atoms. The SMILES string of the molecule is C[C@@H]1CN([C@H](C)CO)C(=O)c2cccc(NS(=O)(=O)c3ccccc3)c2O[C@H]1CN(C)C(=O)Nc1ccc2c(c1)OCO2. The fourth-order valence-electron chi connectivity index (χ4n) is 4.89. The largest absolute Gasteiger partial charge is 0.485 e. The number of carbonyl (C=O) groups excluding carboxylic acids is 2. The van der Waals surface area contributed by atoms with E-state index in [0.717, 1.165) is 0 Å². The normalized spacial score (nSPS) is 18.5. The lowest BCUT2D eigenvalue weighted by Gasteiger charge is -2.38. The van der Waals surface area contributed by atoms with E-state index in [4.69, 9.17) is 14.2 Å². The Kier molecular flexibility index (Phi) is 8.64. The van der Waals surface area contributed by atoms with Gasteiger partial charge in [0.15, 0.2) is 17.2 Å². The number of hydrogen-bond acceptors (Lipinski definition) is 8. The van der Waals surface area contributed by atoms with E-state index in [-0.39, 0.29) is 54.3 Å². The Labute approximate surface area is 250 Å². The summed E-state index contributed by atoms with van der Waals surface area (Å²) in [5.41, 5.74) is 0.736. The fourth-order valence-corrected chi connectivity index (χ4v) is 5.97. The number of fused-ring (bicyclic) bond motifs is 2. The summed E-state index contributed by atoms with van der Waals surface area (Å²) in [6.07, 6.45) is -0.657. The van der Waals surface area contributed by atoms with Crippen LogP contribution in [0, 0.1) is 5.92 Å². The van der Waals surface area contributed by atoms with Crippen LogP contribution in [0.2, 0.25) is 0 Å². The van der Waals surface area contributed by atoms with E-state index in [1.165, 1.54) is 23.1 Å². The average Bonchev–Trinajstić information content (AvgIpc) is 3.47. The molecule has 0 saturated heterocycles. The van der Waals surface area contributed by atoms with Crippen LogP contribution >= 0.6 is 0 Å². The van der Waals surface area contributed by atoms with Gasteiger partial charge < -0.3 is 34.4 Å². The molecule has 2 aliphatic rings. The van der Waals surface area contributed by atoms with Crippen molar-refractivity contribution in [2.75, 3.05) is 43.6 Å². The van der Waals surface area contributed by atoms with E-state index in [0.29, 0.717) is 17.2 Å². The summed E-state index contributed by atoms with van der Waals surface area (Å²) in [5.74, 6) is 0.449. The quantitative estimate of drug-likeness (QED) is 0.351. The predicted molar refractivity (Wildman–Crippen MR) is 159 cm³/mol. The van der Waals surface area contributed by atoms with Crippen molar-refractivity contribution in [1.29, 1.82) is 0 Å². The molecular formula is C30H34N4O8S. The minimum Gasteiger partial charge on any atom is -0.485 e. The smallest absolute Gasteiger partial charge is 0.321 e. The highest BCUT2D eigenvalue weighted by Gasteiger charge is 2.35. The second-order valence-corrected chi connectivity index (χ2v) is 12.3. The zero-order valence-corrected chi connectivity index (χ0v) is 24.8. The molecule has 3 N–H and O–H groups in total. The minimum absolute atomic E-state index is 0.0447. The van der Waals surface area contributed by atoms with Crippen molar-refractivity contribution < 1.29 is 37.3 Å². The first kappa shape index (κ1) is 30.0. The molecule has 3 aromatic rings. The number of aliphatic hydroxyl groups excluding tert-OH is 1. The summed E-state index contributed by atoms with van der Waals surface area (Å²) in [7, 11) is -2.40. The van der Waals surface area contributed by atoms with Crippen LogP contribution in [0.15, 0.2) is 71.6 Å². The molecule has 0 saturated carbocycles. The second-order valence-electron chi connectivity index (χ2n) is 10.6. The molecule has 0 radical (unpaired) electrons. The van der Waals surface area contributed by atoms with Gasteiger partial charge in [-0.2, -0.15) is 0 Å². The molecule has 0 aliphatic carbocycles. The van der Waals surface area contributed by atoms with Crippen molar-refractivity contribution in [3.63, 3.8) is 0 Å². The van der Waals surface area contributed by atoms with Gasteiger partial charge in [0.1, 0.15) is 6.10 Å². The maximum Gasteiger partial charge on any atom is 0.321 e. The van der Waals surface area contributed by atoms with E-state index in [9.17, 15) is 23.1 Å². The predicted octanol–water partition coefficient (Wildman–Crippen LogP) is 3.60. The van der Waals surface area contributed by atoms with Gasteiger partial charge in [-0.1, -0.05) is 31.2 Å². The van der Waals surface area contributed by atoms with Crippen LogP contribution < -0.4 is 24.2 Å². The minimum atomic E-state index is -4.01. The molecule has 0 fully saturated rings. The third kappa shape index (κ3) is 6.47. The molecule has 2 aliphatic heterocycles. The van der Waals surface area contributed by atoms with Crippen molar-refractivity contribution in [3.05, 3.63) is 72.3 Å². The number of ether oxygens (including phenoxy) is 3. The van der Waals surface area contributed by atoms with Crippen LogP contribution in [0.1, 0.15) is 24.2 Å². The van der Waals surface area contributed by atoms with Crippen molar-refractivity contribution in [3.8, 4) is 17.2 Å². The first-order chi connectivity index (χ1) is 20.6. The summed E-state index contributed by atoms with van der Waals surface area (Å²) in [4.78, 5) is 29.9. The lowest BCUT2D eigenvalue weighted by Crippen LogP contribution is -2.50. The van der Waals surface area contributed by atoms with Crippen LogP contribution in [0.25, 0.3) is 0 Å². The van der Waals surface area contributed by atoms with Gasteiger partial charge in [0.25, 0.3) is 15.9 Å². The molecule has 3 amide bonds. The Morgan fingerprint density at radius 2 is 1.84 bits per heavy atom. The Morgan fingerprint density at radius 3 is 2.58 bits per heavy atom. The standard InChI is InChI=1S/C30H34N4O8S/c1-19-15-34(20(2)17-35)29(36)23-10-7-11-24(32-43(38,39)22-8-5-4-6-9-22)28(23)42-27(19)16-33(3)30(37)31-21-12-13-25-26(14-21)41-18-40-25/h4-14,19-20,27,32,35H,15-18H2,1-3H3,(H,31,37)/t19-,20-,27+/m1/s1. The zero-order chi connectivity index (χ0) is 30.7. The number of aliphatic hydroxyl groups is 1. The van der Waals surface area contributed by atoms with Gasteiger partial charge in [0, 0.05) is 31.3 Å². The van der Waals surface area contributed by atoms with E-state index >= 15 is 0 Å². The number of rotatable bonds is 8. The molecule has 228 valence electrons. The van der Waals surface area contributed by atoms with Crippen LogP contribution in [0.5, 0.6) is 17.2 Å². The molecule has 0 aromatic heterocycles. The molecule has 5 rings (SSSR count). The molecule has 13 heteroatoms. The first-order valence-electron chi connectivity index (χ1n) is 13.8. The lowest BCUT2D eigenvalue weighted by atomic mass is 9.99. The lowest BCUT2D eigenvalue weighted by molar-refractivity contribution is 0.0373. The van der Waals surface area contributed by atoms with Gasteiger partial charge in [-0.05, 0) is 43.3 Å². The number of carbonyl (C=O) groups is 2. The Balaban J connectivity index is 1.44. The van der Waals surface area contributed by atoms with E-state index < -0.39 is 34.1 Å². The number of amides is 3. The molecule has 0 unspecified atom stereocenters. The second kappa shape index (κ2) is 12.4. The number of nitrogens with zero attached hydrogens (tertiary/aromatic N) is 2. The maximum atomic E-state index is 13.7. The zero-order valence-electron chi connectivity index (χ0n) is 24.0. The van der Waals surface area contributed by atoms with Crippen molar-refractivity contribution >= 4 is 33.3 Å². The molecule has 0 spiro atoms. The van der Waals surface area contributed by atoms with Gasteiger partial charge in [-0.25, -0.2) is 13.2 Å². The Bertz CT molecular complexity index is 1600. The van der Waals surface area contributed by atoms with Crippen molar-refractivity contribution in [1.82, 2.24) is 9.80 Å². The monoisotopic (exact) mass is 610 g/mol. The highest BCUT2D eigenvalue weighted by molar-refractivity contribution is 7.92. The van der Waals surface area contributed by atoms with Crippen LogP contribution in [-0.4, -0.2) is 80.9 Å². The molecule has 3 aromatic carbocycles. The van der Waals surface area contributed by atoms with Gasteiger partial charge in [0.05, 0.1) is 35.3 Å². The number of anilines is 2.